The van der Waals surface area contributed by atoms with Crippen LogP contribution in [0.25, 0.3) is 0 Å². The average molecular weight is 354 g/mol. The first-order chi connectivity index (χ1) is 11.0. The van der Waals surface area contributed by atoms with E-state index in [0.717, 1.165) is 5.69 Å². The normalized spacial score (nSPS) is 9.43. The summed E-state index contributed by atoms with van der Waals surface area (Å²) in [5.41, 5.74) is 6.04. The molecule has 0 heterocycles. The lowest BCUT2D eigenvalue weighted by Crippen LogP contribution is -2.49. The van der Waals surface area contributed by atoms with Crippen LogP contribution in [-0.4, -0.2) is 28.7 Å². The third-order valence-corrected chi connectivity index (χ3v) is 2.84. The molecule has 1 rings (SSSR count). The molecule has 4 N–H and O–H groups in total. The van der Waals surface area contributed by atoms with Gasteiger partial charge in [0.1, 0.15) is 0 Å². The maximum Gasteiger partial charge on any atom is 0.306 e. The molecular formula is C14H18N4O3S2. The van der Waals surface area contributed by atoms with Crippen molar-refractivity contribution >= 4 is 52.2 Å². The van der Waals surface area contributed by atoms with E-state index in [1.165, 1.54) is 0 Å². The summed E-state index contributed by atoms with van der Waals surface area (Å²) < 4.78 is 4.73. The first kappa shape index (κ1) is 18.8. The molecule has 0 fully saturated rings. The smallest absolute Gasteiger partial charge is 0.306 e. The van der Waals surface area contributed by atoms with Gasteiger partial charge in [-0.3, -0.25) is 20.4 Å². The van der Waals surface area contributed by atoms with Crippen LogP contribution in [0.15, 0.2) is 30.3 Å². The highest BCUT2D eigenvalue weighted by molar-refractivity contribution is 7.80. The quantitative estimate of drug-likeness (QED) is 0.356. The molecular weight excluding hydrogens is 336 g/mol. The van der Waals surface area contributed by atoms with Crippen LogP contribution in [0.4, 0.5) is 5.69 Å². The number of esters is 1. The number of hydrogen-bond acceptors (Lipinski definition) is 5. The van der Waals surface area contributed by atoms with Gasteiger partial charge in [0.25, 0.3) is 0 Å². The van der Waals surface area contributed by atoms with Crippen molar-refractivity contribution in [3.8, 4) is 0 Å². The summed E-state index contributed by atoms with van der Waals surface area (Å²) >= 11 is 10.00. The minimum atomic E-state index is -0.423. The summed E-state index contributed by atoms with van der Waals surface area (Å²) in [6.45, 7) is 1.99. The van der Waals surface area contributed by atoms with Crippen molar-refractivity contribution in [2.24, 2.45) is 0 Å². The number of ether oxygens (including phenoxy) is 1. The van der Waals surface area contributed by atoms with Crippen LogP contribution in [0.2, 0.25) is 0 Å². The van der Waals surface area contributed by atoms with Gasteiger partial charge in [0.2, 0.25) is 5.91 Å². The Morgan fingerprint density at radius 1 is 1.04 bits per heavy atom. The SMILES string of the molecule is CCOC(=O)CCC(=O)NC(=S)NNC(=S)Nc1ccccc1. The first-order valence-corrected chi connectivity index (χ1v) is 7.70. The van der Waals surface area contributed by atoms with Crippen molar-refractivity contribution in [3.63, 3.8) is 0 Å². The summed E-state index contributed by atoms with van der Waals surface area (Å²) in [7, 11) is 0. The zero-order valence-corrected chi connectivity index (χ0v) is 14.2. The van der Waals surface area contributed by atoms with Crippen molar-refractivity contribution in [2.45, 2.75) is 19.8 Å². The molecule has 0 saturated carbocycles. The topological polar surface area (TPSA) is 91.5 Å². The Morgan fingerprint density at radius 2 is 1.70 bits per heavy atom. The van der Waals surface area contributed by atoms with E-state index in [4.69, 9.17) is 29.2 Å². The lowest BCUT2D eigenvalue weighted by atomic mass is 10.3. The molecule has 0 unspecified atom stereocenters. The van der Waals surface area contributed by atoms with Gasteiger partial charge in [0.15, 0.2) is 10.2 Å². The standard InChI is InChI=1S/C14H18N4O3S2/c1-2-21-12(20)9-8-11(19)16-14(23)18-17-13(22)15-10-6-4-3-5-7-10/h3-7H,2,8-9H2,1H3,(H2,15,17,22)(H2,16,18,19,23). The summed E-state index contributed by atoms with van der Waals surface area (Å²) in [5, 5.41) is 5.69. The molecule has 0 aliphatic heterocycles. The summed E-state index contributed by atoms with van der Waals surface area (Å²) in [4.78, 5) is 22.7. The highest BCUT2D eigenvalue weighted by Crippen LogP contribution is 2.03. The molecule has 1 aromatic rings. The van der Waals surface area contributed by atoms with Gasteiger partial charge < -0.3 is 15.4 Å². The van der Waals surface area contributed by atoms with Crippen molar-refractivity contribution in [1.82, 2.24) is 16.2 Å². The van der Waals surface area contributed by atoms with Crippen LogP contribution in [0.1, 0.15) is 19.8 Å². The summed E-state index contributed by atoms with van der Waals surface area (Å²) in [6, 6.07) is 9.33. The predicted molar refractivity (Wildman–Crippen MR) is 95.5 cm³/mol. The Hall–Kier alpha value is -2.26. The molecule has 1 amide bonds. The van der Waals surface area contributed by atoms with Crippen LogP contribution >= 0.6 is 24.4 Å². The Labute approximate surface area is 145 Å². The Kier molecular flexibility index (Phi) is 8.55. The van der Waals surface area contributed by atoms with Crippen molar-refractivity contribution in [1.29, 1.82) is 0 Å². The summed E-state index contributed by atoms with van der Waals surface area (Å²) in [5.74, 6) is -0.813. The van der Waals surface area contributed by atoms with Gasteiger partial charge >= 0.3 is 5.97 Å². The molecule has 0 bridgehead atoms. The molecule has 124 valence electrons. The number of rotatable bonds is 5. The van der Waals surface area contributed by atoms with Crippen molar-refractivity contribution in [2.75, 3.05) is 11.9 Å². The fraction of sp³-hybridized carbons (Fsp3) is 0.286. The molecule has 0 aromatic heterocycles. The lowest BCUT2D eigenvalue weighted by Gasteiger charge is -2.13. The molecule has 0 saturated heterocycles. The van der Waals surface area contributed by atoms with Crippen molar-refractivity contribution in [3.05, 3.63) is 30.3 Å². The van der Waals surface area contributed by atoms with Gasteiger partial charge in [0.05, 0.1) is 13.0 Å². The molecule has 1 aromatic carbocycles. The van der Waals surface area contributed by atoms with E-state index < -0.39 is 5.97 Å². The zero-order valence-electron chi connectivity index (χ0n) is 12.5. The van der Waals surface area contributed by atoms with E-state index in [-0.39, 0.29) is 30.5 Å². The fourth-order valence-electron chi connectivity index (χ4n) is 1.47. The number of hydrazine groups is 1. The fourth-order valence-corrected chi connectivity index (χ4v) is 1.80. The number of carbonyl (C=O) groups excluding carboxylic acids is 2. The Balaban J connectivity index is 2.22. The Bertz CT molecular complexity index is 566. The number of amides is 1. The molecule has 7 nitrogen and oxygen atoms in total. The van der Waals surface area contributed by atoms with Gasteiger partial charge in [-0.15, -0.1) is 0 Å². The number of nitrogens with one attached hydrogen (secondary N) is 4. The zero-order chi connectivity index (χ0) is 17.1. The van der Waals surface area contributed by atoms with E-state index >= 15 is 0 Å². The molecule has 9 heteroatoms. The Morgan fingerprint density at radius 3 is 2.35 bits per heavy atom. The monoisotopic (exact) mass is 354 g/mol. The van der Waals surface area contributed by atoms with Gasteiger partial charge in [-0.2, -0.15) is 0 Å². The van der Waals surface area contributed by atoms with Crippen LogP contribution in [0.3, 0.4) is 0 Å². The highest BCUT2D eigenvalue weighted by Gasteiger charge is 2.09. The number of carbonyl (C=O) groups is 2. The van der Waals surface area contributed by atoms with Crippen LogP contribution in [-0.2, 0) is 14.3 Å². The van der Waals surface area contributed by atoms with E-state index in [2.05, 4.69) is 21.5 Å². The molecule has 0 radical (unpaired) electrons. The van der Waals surface area contributed by atoms with Crippen molar-refractivity contribution < 1.29 is 14.3 Å². The van der Waals surface area contributed by atoms with Gasteiger partial charge in [-0.05, 0) is 43.5 Å². The van der Waals surface area contributed by atoms with Crippen LogP contribution < -0.4 is 21.5 Å². The number of benzene rings is 1. The highest BCUT2D eigenvalue weighted by atomic mass is 32.1. The average Bonchev–Trinajstić information content (AvgIpc) is 2.52. The third kappa shape index (κ3) is 8.69. The molecule has 0 atom stereocenters. The second-order valence-corrected chi connectivity index (χ2v) is 5.07. The number of para-hydroxylation sites is 1. The first-order valence-electron chi connectivity index (χ1n) is 6.88. The number of thiocarbonyl (C=S) groups is 2. The molecule has 0 spiro atoms. The van der Waals surface area contributed by atoms with Gasteiger partial charge in [-0.1, -0.05) is 18.2 Å². The van der Waals surface area contributed by atoms with Crippen LogP contribution in [0, 0.1) is 0 Å². The molecule has 0 aliphatic rings. The van der Waals surface area contributed by atoms with Gasteiger partial charge in [-0.25, -0.2) is 0 Å². The minimum Gasteiger partial charge on any atom is -0.466 e. The molecule has 0 aliphatic carbocycles. The number of hydrogen-bond donors (Lipinski definition) is 4. The maximum absolute atomic E-state index is 11.6. The van der Waals surface area contributed by atoms with Crippen LogP contribution in [0.5, 0.6) is 0 Å². The number of anilines is 1. The second-order valence-electron chi connectivity index (χ2n) is 4.25. The lowest BCUT2D eigenvalue weighted by molar-refractivity contribution is -0.144. The predicted octanol–water partition coefficient (Wildman–Crippen LogP) is 1.22. The largest absolute Gasteiger partial charge is 0.466 e. The van der Waals surface area contributed by atoms with Gasteiger partial charge in [0, 0.05) is 12.1 Å². The summed E-state index contributed by atoms with van der Waals surface area (Å²) in [6.07, 6.45) is -0.00292. The van der Waals surface area contributed by atoms with E-state index in [0.29, 0.717) is 5.11 Å². The maximum atomic E-state index is 11.6. The molecule has 23 heavy (non-hydrogen) atoms. The third-order valence-electron chi connectivity index (χ3n) is 2.44. The van der Waals surface area contributed by atoms with E-state index in [9.17, 15) is 9.59 Å². The van der Waals surface area contributed by atoms with E-state index in [1.807, 2.05) is 30.3 Å². The van der Waals surface area contributed by atoms with E-state index in [1.54, 1.807) is 6.92 Å². The minimum absolute atomic E-state index is 0.00366. The second kappa shape index (κ2) is 10.5.